The molecular formula is C16H15FN4OS2. The van der Waals surface area contributed by atoms with Crippen LogP contribution in [0.25, 0.3) is 10.2 Å². The molecule has 5 nitrogen and oxygen atoms in total. The molecule has 0 saturated carbocycles. The van der Waals surface area contributed by atoms with Crippen molar-refractivity contribution in [3.05, 3.63) is 47.1 Å². The van der Waals surface area contributed by atoms with Gasteiger partial charge in [-0.3, -0.25) is 4.79 Å². The normalized spacial score (nSPS) is 12.2. The highest BCUT2D eigenvalue weighted by molar-refractivity contribution is 7.99. The molecule has 0 unspecified atom stereocenters. The summed E-state index contributed by atoms with van der Waals surface area (Å²) in [6.45, 7) is 1.85. The minimum atomic E-state index is -0.300. The van der Waals surface area contributed by atoms with Gasteiger partial charge >= 0.3 is 0 Å². The fraction of sp³-hybridized carbons (Fsp3) is 0.188. The Morgan fingerprint density at radius 1 is 1.33 bits per heavy atom. The van der Waals surface area contributed by atoms with Gasteiger partial charge in [-0.25, -0.2) is 14.4 Å². The highest BCUT2D eigenvalue weighted by Crippen LogP contribution is 2.26. The van der Waals surface area contributed by atoms with Crippen LogP contribution in [0, 0.1) is 5.82 Å². The molecule has 2 aromatic heterocycles. The number of anilines is 1. The van der Waals surface area contributed by atoms with Crippen LogP contribution in [0.1, 0.15) is 18.5 Å². The highest BCUT2D eigenvalue weighted by Gasteiger charge is 2.12. The van der Waals surface area contributed by atoms with Crippen molar-refractivity contribution in [2.75, 3.05) is 11.5 Å². The van der Waals surface area contributed by atoms with Crippen LogP contribution >= 0.6 is 23.1 Å². The standard InChI is InChI=1S/C16H15FN4OS2/c1-9(10-2-4-11(17)5-3-10)19-13(22)8-24-16-20-14(18)12-6-7-23-15(12)21-16/h2-7,9H,8H2,1H3,(H,19,22)(H2,18,20,21)/t9-/m1/s1. The van der Waals surface area contributed by atoms with Gasteiger partial charge in [-0.2, -0.15) is 0 Å². The number of amides is 1. The minimum Gasteiger partial charge on any atom is -0.383 e. The summed E-state index contributed by atoms with van der Waals surface area (Å²) in [7, 11) is 0. The number of halogens is 1. The Hall–Kier alpha value is -2.19. The Morgan fingerprint density at radius 2 is 2.08 bits per heavy atom. The third kappa shape index (κ3) is 3.82. The number of rotatable bonds is 5. The van der Waals surface area contributed by atoms with Crippen LogP contribution in [0.2, 0.25) is 0 Å². The van der Waals surface area contributed by atoms with Gasteiger partial charge in [0.05, 0.1) is 17.2 Å². The first-order valence-corrected chi connectivity index (χ1v) is 9.08. The van der Waals surface area contributed by atoms with E-state index < -0.39 is 0 Å². The smallest absolute Gasteiger partial charge is 0.230 e. The highest BCUT2D eigenvalue weighted by atomic mass is 32.2. The molecule has 0 saturated heterocycles. The quantitative estimate of drug-likeness (QED) is 0.537. The summed E-state index contributed by atoms with van der Waals surface area (Å²) in [5.74, 6) is 0.155. The molecule has 1 amide bonds. The molecule has 0 fully saturated rings. The molecule has 1 atom stereocenters. The van der Waals surface area contributed by atoms with Crippen LogP contribution in [0.3, 0.4) is 0 Å². The number of thioether (sulfide) groups is 1. The minimum absolute atomic E-state index is 0.148. The zero-order valence-electron chi connectivity index (χ0n) is 12.8. The molecular weight excluding hydrogens is 347 g/mol. The summed E-state index contributed by atoms with van der Waals surface area (Å²) in [5, 5.41) is 6.08. The topological polar surface area (TPSA) is 80.9 Å². The van der Waals surface area contributed by atoms with Crippen molar-refractivity contribution in [3.63, 3.8) is 0 Å². The Balaban J connectivity index is 1.59. The van der Waals surface area contributed by atoms with Crippen molar-refractivity contribution in [1.29, 1.82) is 0 Å². The predicted molar refractivity (Wildman–Crippen MR) is 95.5 cm³/mol. The molecule has 0 aliphatic rings. The van der Waals surface area contributed by atoms with E-state index in [2.05, 4.69) is 15.3 Å². The zero-order chi connectivity index (χ0) is 17.1. The Bertz CT molecular complexity index is 866. The van der Waals surface area contributed by atoms with Gasteiger partial charge in [-0.05, 0) is 36.1 Å². The van der Waals surface area contributed by atoms with E-state index in [0.717, 1.165) is 15.8 Å². The second-order valence-corrected chi connectivity index (χ2v) is 7.00. The first-order valence-electron chi connectivity index (χ1n) is 7.21. The van der Waals surface area contributed by atoms with Gasteiger partial charge in [0.15, 0.2) is 5.16 Å². The molecule has 3 rings (SSSR count). The van der Waals surface area contributed by atoms with Crippen LogP contribution < -0.4 is 11.1 Å². The number of benzene rings is 1. The first kappa shape index (κ1) is 16.7. The molecule has 124 valence electrons. The predicted octanol–water partition coefficient (Wildman–Crippen LogP) is 3.38. The Labute approximate surface area is 146 Å². The van der Waals surface area contributed by atoms with Crippen LogP contribution in [-0.4, -0.2) is 21.6 Å². The van der Waals surface area contributed by atoms with Crippen LogP contribution in [0.15, 0.2) is 40.9 Å². The monoisotopic (exact) mass is 362 g/mol. The molecule has 3 N–H and O–H groups in total. The molecule has 2 heterocycles. The number of hydrogen-bond donors (Lipinski definition) is 2. The maximum atomic E-state index is 12.9. The third-order valence-corrected chi connectivity index (χ3v) is 5.07. The van der Waals surface area contributed by atoms with E-state index in [0.29, 0.717) is 11.0 Å². The lowest BCUT2D eigenvalue weighted by atomic mass is 10.1. The largest absolute Gasteiger partial charge is 0.383 e. The molecule has 8 heteroatoms. The third-order valence-electron chi connectivity index (χ3n) is 3.41. The van der Waals surface area contributed by atoms with E-state index in [1.807, 2.05) is 18.4 Å². The second kappa shape index (κ2) is 7.14. The van der Waals surface area contributed by atoms with E-state index in [9.17, 15) is 9.18 Å². The van der Waals surface area contributed by atoms with Crippen molar-refractivity contribution in [2.45, 2.75) is 18.1 Å². The Morgan fingerprint density at radius 3 is 2.83 bits per heavy atom. The molecule has 0 aliphatic heterocycles. The number of nitrogen functional groups attached to an aromatic ring is 1. The van der Waals surface area contributed by atoms with E-state index in [-0.39, 0.29) is 23.5 Å². The van der Waals surface area contributed by atoms with E-state index in [1.165, 1.54) is 35.2 Å². The van der Waals surface area contributed by atoms with E-state index in [1.54, 1.807) is 12.1 Å². The fourth-order valence-corrected chi connectivity index (χ4v) is 3.66. The summed E-state index contributed by atoms with van der Waals surface area (Å²) in [6.07, 6.45) is 0. The van der Waals surface area contributed by atoms with Crippen LogP contribution in [-0.2, 0) is 4.79 Å². The number of carbonyl (C=O) groups is 1. The maximum absolute atomic E-state index is 12.9. The van der Waals surface area contributed by atoms with Gasteiger partial charge in [0.2, 0.25) is 5.91 Å². The van der Waals surface area contributed by atoms with Crippen molar-refractivity contribution < 1.29 is 9.18 Å². The number of carbonyl (C=O) groups excluding carboxylic acids is 1. The van der Waals surface area contributed by atoms with Gasteiger partial charge < -0.3 is 11.1 Å². The van der Waals surface area contributed by atoms with Gasteiger partial charge in [0.1, 0.15) is 16.5 Å². The van der Waals surface area contributed by atoms with Crippen LogP contribution in [0.4, 0.5) is 10.2 Å². The van der Waals surface area contributed by atoms with E-state index >= 15 is 0 Å². The number of nitrogens with two attached hydrogens (primary N) is 1. The molecule has 0 aliphatic carbocycles. The lowest BCUT2D eigenvalue weighted by Crippen LogP contribution is -2.28. The summed E-state index contributed by atoms with van der Waals surface area (Å²) in [4.78, 5) is 21.5. The summed E-state index contributed by atoms with van der Waals surface area (Å²) in [5.41, 5.74) is 6.73. The maximum Gasteiger partial charge on any atom is 0.230 e. The average molecular weight is 362 g/mol. The number of aromatic nitrogens is 2. The lowest BCUT2D eigenvalue weighted by Gasteiger charge is -2.14. The zero-order valence-corrected chi connectivity index (χ0v) is 14.5. The molecule has 24 heavy (non-hydrogen) atoms. The fourth-order valence-electron chi connectivity index (χ4n) is 2.17. The summed E-state index contributed by atoms with van der Waals surface area (Å²) >= 11 is 2.72. The number of nitrogens with zero attached hydrogens (tertiary/aromatic N) is 2. The Kier molecular flexibility index (Phi) is 4.96. The summed E-state index contributed by atoms with van der Waals surface area (Å²) in [6, 6.07) is 7.73. The van der Waals surface area contributed by atoms with Gasteiger partial charge in [-0.15, -0.1) is 11.3 Å². The summed E-state index contributed by atoms with van der Waals surface area (Å²) < 4.78 is 12.9. The van der Waals surface area contributed by atoms with E-state index in [4.69, 9.17) is 5.73 Å². The van der Waals surface area contributed by atoms with Gasteiger partial charge in [0.25, 0.3) is 0 Å². The first-order chi connectivity index (χ1) is 11.5. The second-order valence-electron chi connectivity index (χ2n) is 5.16. The number of thiophene rings is 1. The lowest BCUT2D eigenvalue weighted by molar-refractivity contribution is -0.119. The number of hydrogen-bond acceptors (Lipinski definition) is 6. The number of fused-ring (bicyclic) bond motifs is 1. The molecule has 1 aromatic carbocycles. The number of nitrogens with one attached hydrogen (secondary N) is 1. The SMILES string of the molecule is C[C@@H](NC(=O)CSc1nc(N)c2ccsc2n1)c1ccc(F)cc1. The average Bonchev–Trinajstić information content (AvgIpc) is 3.02. The van der Waals surface area contributed by atoms with Gasteiger partial charge in [-0.1, -0.05) is 23.9 Å². The van der Waals surface area contributed by atoms with Crippen molar-refractivity contribution in [2.24, 2.45) is 0 Å². The van der Waals surface area contributed by atoms with Crippen molar-refractivity contribution >= 4 is 45.0 Å². The van der Waals surface area contributed by atoms with Crippen LogP contribution in [0.5, 0.6) is 0 Å². The molecule has 3 aromatic rings. The molecule has 0 radical (unpaired) electrons. The molecule has 0 spiro atoms. The van der Waals surface area contributed by atoms with Crippen molar-refractivity contribution in [3.8, 4) is 0 Å². The van der Waals surface area contributed by atoms with Crippen molar-refractivity contribution in [1.82, 2.24) is 15.3 Å². The van der Waals surface area contributed by atoms with Gasteiger partial charge in [0, 0.05) is 0 Å². The molecule has 0 bridgehead atoms.